The van der Waals surface area contributed by atoms with Crippen molar-refractivity contribution in [3.05, 3.63) is 29.8 Å². The van der Waals surface area contributed by atoms with E-state index in [4.69, 9.17) is 4.74 Å². The van der Waals surface area contributed by atoms with Gasteiger partial charge in [-0.05, 0) is 42.4 Å². The monoisotopic (exact) mass is 316 g/mol. The number of hydrogen-bond acceptors (Lipinski definition) is 1. The minimum atomic E-state index is 0.962. The van der Waals surface area contributed by atoms with E-state index >= 15 is 0 Å². The summed E-state index contributed by atoms with van der Waals surface area (Å²) < 4.78 is 5.21. The molecule has 1 fully saturated rings. The van der Waals surface area contributed by atoms with E-state index in [0.29, 0.717) is 0 Å². The van der Waals surface area contributed by atoms with Crippen LogP contribution in [0.5, 0.6) is 5.75 Å². The molecule has 23 heavy (non-hydrogen) atoms. The molecule has 0 atom stereocenters. The molecule has 0 unspecified atom stereocenters. The quantitative estimate of drug-likeness (QED) is 0.431. The predicted octanol–water partition coefficient (Wildman–Crippen LogP) is 6.79. The number of ether oxygens (including phenoxy) is 1. The number of hydrogen-bond donors (Lipinski definition) is 0. The van der Waals surface area contributed by atoms with Crippen molar-refractivity contribution in [1.82, 2.24) is 0 Å². The van der Waals surface area contributed by atoms with Crippen LogP contribution in [-0.4, -0.2) is 7.11 Å². The molecule has 0 aromatic heterocycles. The summed E-state index contributed by atoms with van der Waals surface area (Å²) in [5.74, 6) is 3.04. The summed E-state index contributed by atoms with van der Waals surface area (Å²) >= 11 is 0. The Morgan fingerprint density at radius 3 is 1.91 bits per heavy atom. The fourth-order valence-electron chi connectivity index (χ4n) is 4.05. The Morgan fingerprint density at radius 2 is 1.39 bits per heavy atom. The summed E-state index contributed by atoms with van der Waals surface area (Å²) in [7, 11) is 1.73. The highest BCUT2D eigenvalue weighted by Gasteiger charge is 2.20. The molecule has 2 rings (SSSR count). The molecule has 1 heteroatoms. The van der Waals surface area contributed by atoms with Gasteiger partial charge in [0.2, 0.25) is 0 Å². The molecule has 0 saturated heterocycles. The molecule has 0 aliphatic heterocycles. The molecular formula is C22H36O. The molecule has 1 saturated carbocycles. The van der Waals surface area contributed by atoms with E-state index in [0.717, 1.165) is 17.6 Å². The normalized spacial score (nSPS) is 21.3. The van der Waals surface area contributed by atoms with Gasteiger partial charge in [-0.25, -0.2) is 0 Å². The first-order valence-electron chi connectivity index (χ1n) is 9.94. The van der Waals surface area contributed by atoms with Crippen molar-refractivity contribution in [2.45, 2.75) is 84.0 Å². The molecule has 1 aliphatic carbocycles. The Morgan fingerprint density at radius 1 is 0.826 bits per heavy atom. The highest BCUT2D eigenvalue weighted by molar-refractivity contribution is 5.27. The highest BCUT2D eigenvalue weighted by Crippen LogP contribution is 2.34. The lowest BCUT2D eigenvalue weighted by atomic mass is 9.78. The van der Waals surface area contributed by atoms with E-state index in [-0.39, 0.29) is 0 Å². The third kappa shape index (κ3) is 6.97. The van der Waals surface area contributed by atoms with Crippen LogP contribution < -0.4 is 4.74 Å². The molecule has 0 heterocycles. The number of aryl methyl sites for hydroxylation is 1. The van der Waals surface area contributed by atoms with E-state index in [1.54, 1.807) is 7.11 Å². The Kier molecular flexibility index (Phi) is 8.57. The van der Waals surface area contributed by atoms with E-state index in [2.05, 4.69) is 31.2 Å². The Balaban J connectivity index is 1.53. The molecule has 130 valence electrons. The zero-order valence-corrected chi connectivity index (χ0v) is 15.4. The van der Waals surface area contributed by atoms with E-state index in [1.807, 2.05) is 0 Å². The van der Waals surface area contributed by atoms with Gasteiger partial charge in [0.15, 0.2) is 0 Å². The average molecular weight is 317 g/mol. The maximum absolute atomic E-state index is 5.21. The van der Waals surface area contributed by atoms with Crippen molar-refractivity contribution in [2.75, 3.05) is 7.11 Å². The van der Waals surface area contributed by atoms with Crippen LogP contribution in [0.15, 0.2) is 24.3 Å². The summed E-state index contributed by atoms with van der Waals surface area (Å²) in [6, 6.07) is 8.57. The molecule has 0 bridgehead atoms. The number of methoxy groups -OCH3 is 1. The van der Waals surface area contributed by atoms with Crippen LogP contribution in [0, 0.1) is 11.8 Å². The van der Waals surface area contributed by atoms with Crippen molar-refractivity contribution in [2.24, 2.45) is 11.8 Å². The fraction of sp³-hybridized carbons (Fsp3) is 0.727. The van der Waals surface area contributed by atoms with Gasteiger partial charge in [0, 0.05) is 0 Å². The summed E-state index contributed by atoms with van der Waals surface area (Å²) in [6.45, 7) is 2.31. The third-order valence-corrected chi connectivity index (χ3v) is 5.67. The van der Waals surface area contributed by atoms with Gasteiger partial charge >= 0.3 is 0 Å². The molecule has 0 N–H and O–H groups in total. The molecule has 1 aromatic carbocycles. The minimum Gasteiger partial charge on any atom is -0.497 e. The van der Waals surface area contributed by atoms with Gasteiger partial charge in [-0.15, -0.1) is 0 Å². The minimum absolute atomic E-state index is 0.962. The lowest BCUT2D eigenvalue weighted by molar-refractivity contribution is 0.245. The Bertz CT molecular complexity index is 400. The molecule has 0 spiro atoms. The zero-order valence-electron chi connectivity index (χ0n) is 15.4. The van der Waals surface area contributed by atoms with Crippen LogP contribution in [0.1, 0.15) is 83.1 Å². The standard InChI is InChI=1S/C22H36O/c1-3-4-5-8-19-11-13-20(14-12-19)9-6-7-10-21-15-17-22(23-2)18-16-21/h15-20H,3-14H2,1-2H3/t19-,20-. The van der Waals surface area contributed by atoms with Gasteiger partial charge < -0.3 is 4.74 Å². The van der Waals surface area contributed by atoms with Crippen molar-refractivity contribution < 1.29 is 4.74 Å². The van der Waals surface area contributed by atoms with Crippen molar-refractivity contribution in [3.8, 4) is 5.75 Å². The smallest absolute Gasteiger partial charge is 0.118 e. The highest BCUT2D eigenvalue weighted by atomic mass is 16.5. The topological polar surface area (TPSA) is 9.23 Å². The average Bonchev–Trinajstić information content (AvgIpc) is 2.61. The number of unbranched alkanes of at least 4 members (excludes halogenated alkanes) is 3. The third-order valence-electron chi connectivity index (χ3n) is 5.67. The van der Waals surface area contributed by atoms with Crippen LogP contribution in [0.25, 0.3) is 0 Å². The van der Waals surface area contributed by atoms with Gasteiger partial charge in [0.05, 0.1) is 7.11 Å². The van der Waals surface area contributed by atoms with Gasteiger partial charge in [-0.3, -0.25) is 0 Å². The zero-order chi connectivity index (χ0) is 16.3. The second kappa shape index (κ2) is 10.7. The van der Waals surface area contributed by atoms with E-state index in [1.165, 1.54) is 82.6 Å². The largest absolute Gasteiger partial charge is 0.497 e. The van der Waals surface area contributed by atoms with Gasteiger partial charge in [-0.2, -0.15) is 0 Å². The van der Waals surface area contributed by atoms with Crippen LogP contribution >= 0.6 is 0 Å². The number of benzene rings is 1. The summed E-state index contributed by atoms with van der Waals surface area (Å²) in [5.41, 5.74) is 1.45. The first-order valence-corrected chi connectivity index (χ1v) is 9.94. The van der Waals surface area contributed by atoms with E-state index < -0.39 is 0 Å². The molecule has 1 aliphatic rings. The second-order valence-electron chi connectivity index (χ2n) is 7.48. The predicted molar refractivity (Wildman–Crippen MR) is 100 cm³/mol. The summed E-state index contributed by atoms with van der Waals surface area (Å²) in [5, 5.41) is 0. The molecule has 0 amide bonds. The Hall–Kier alpha value is -0.980. The number of rotatable bonds is 10. The lowest BCUT2D eigenvalue weighted by Gasteiger charge is -2.28. The van der Waals surface area contributed by atoms with Gasteiger partial charge in [0.1, 0.15) is 5.75 Å². The van der Waals surface area contributed by atoms with Crippen LogP contribution in [0.4, 0.5) is 0 Å². The van der Waals surface area contributed by atoms with Crippen LogP contribution in [0.3, 0.4) is 0 Å². The van der Waals surface area contributed by atoms with Crippen LogP contribution in [0.2, 0.25) is 0 Å². The maximum Gasteiger partial charge on any atom is 0.118 e. The Labute approximate surface area is 143 Å². The molecule has 0 radical (unpaired) electrons. The lowest BCUT2D eigenvalue weighted by Crippen LogP contribution is -2.14. The van der Waals surface area contributed by atoms with E-state index in [9.17, 15) is 0 Å². The maximum atomic E-state index is 5.21. The van der Waals surface area contributed by atoms with Crippen molar-refractivity contribution in [1.29, 1.82) is 0 Å². The molecule has 1 aromatic rings. The summed E-state index contributed by atoms with van der Waals surface area (Å²) in [6.07, 6.45) is 17.2. The van der Waals surface area contributed by atoms with Gasteiger partial charge in [0.25, 0.3) is 0 Å². The summed E-state index contributed by atoms with van der Waals surface area (Å²) in [4.78, 5) is 0. The molecular weight excluding hydrogens is 280 g/mol. The fourth-order valence-corrected chi connectivity index (χ4v) is 4.05. The van der Waals surface area contributed by atoms with Gasteiger partial charge in [-0.1, -0.05) is 83.3 Å². The molecule has 1 nitrogen and oxygen atoms in total. The van der Waals surface area contributed by atoms with Crippen molar-refractivity contribution >= 4 is 0 Å². The second-order valence-corrected chi connectivity index (χ2v) is 7.48. The van der Waals surface area contributed by atoms with Crippen molar-refractivity contribution in [3.63, 3.8) is 0 Å². The van der Waals surface area contributed by atoms with Crippen LogP contribution in [-0.2, 0) is 6.42 Å². The first kappa shape index (κ1) is 18.4. The SMILES string of the molecule is CCCCC[C@H]1CC[C@H](CCCCc2ccc(OC)cc2)CC1. The first-order chi connectivity index (χ1) is 11.3.